The third-order valence-electron chi connectivity index (χ3n) is 2.27. The van der Waals surface area contributed by atoms with Crippen LogP contribution in [0.15, 0.2) is 18.2 Å². The fourth-order valence-electron chi connectivity index (χ4n) is 1.31. The average molecular weight is 273 g/mol. The van der Waals surface area contributed by atoms with Crippen molar-refractivity contribution in [1.29, 1.82) is 0 Å². The highest BCUT2D eigenvalue weighted by molar-refractivity contribution is 5.95. The smallest absolute Gasteiger partial charge is 0.241 e. The Kier molecular flexibility index (Phi) is 7.39. The van der Waals surface area contributed by atoms with Crippen LogP contribution in [0.25, 0.3) is 0 Å². The van der Waals surface area contributed by atoms with E-state index in [2.05, 4.69) is 5.32 Å². The summed E-state index contributed by atoms with van der Waals surface area (Å²) < 4.78 is 5.59. The Morgan fingerprint density at radius 3 is 2.72 bits per heavy atom. The number of ether oxygens (including phenoxy) is 1. The quantitative estimate of drug-likeness (QED) is 0.866. The summed E-state index contributed by atoms with van der Waals surface area (Å²) in [5.41, 5.74) is 7.28. The number of nitrogens with two attached hydrogens (primary N) is 1. The minimum atomic E-state index is -0.532. The third kappa shape index (κ3) is 4.94. The van der Waals surface area contributed by atoms with E-state index in [0.29, 0.717) is 18.0 Å². The molecule has 1 aromatic rings. The molecule has 1 aromatic carbocycles. The van der Waals surface area contributed by atoms with Crippen LogP contribution in [0.1, 0.15) is 25.8 Å². The van der Waals surface area contributed by atoms with Crippen LogP contribution >= 0.6 is 12.4 Å². The first-order valence-corrected chi connectivity index (χ1v) is 5.84. The van der Waals surface area contributed by atoms with Gasteiger partial charge < -0.3 is 15.8 Å². The Morgan fingerprint density at radius 2 is 2.17 bits per heavy atom. The predicted octanol–water partition coefficient (Wildman–Crippen LogP) is 2.49. The summed E-state index contributed by atoms with van der Waals surface area (Å²) in [6, 6.07) is 5.14. The first kappa shape index (κ1) is 16.7. The van der Waals surface area contributed by atoms with Crippen LogP contribution in [0.4, 0.5) is 5.69 Å². The van der Waals surface area contributed by atoms with E-state index in [-0.39, 0.29) is 18.3 Å². The number of nitrogens with one attached hydrogen (secondary N) is 1. The van der Waals surface area contributed by atoms with Gasteiger partial charge >= 0.3 is 0 Å². The van der Waals surface area contributed by atoms with Gasteiger partial charge in [0, 0.05) is 0 Å². The number of carbonyl (C=O) groups excluding carboxylic acids is 1. The molecule has 0 radical (unpaired) electrons. The lowest BCUT2D eigenvalue weighted by Gasteiger charge is -2.14. The predicted molar refractivity (Wildman–Crippen MR) is 76.5 cm³/mol. The second kappa shape index (κ2) is 7.95. The number of benzene rings is 1. The van der Waals surface area contributed by atoms with Gasteiger partial charge in [0.2, 0.25) is 5.91 Å². The Labute approximate surface area is 114 Å². The second-order valence-electron chi connectivity index (χ2n) is 4.13. The van der Waals surface area contributed by atoms with Crippen molar-refractivity contribution in [3.05, 3.63) is 23.8 Å². The highest BCUT2D eigenvalue weighted by Gasteiger charge is 2.11. The van der Waals surface area contributed by atoms with Gasteiger partial charge in [-0.15, -0.1) is 12.4 Å². The van der Waals surface area contributed by atoms with Crippen LogP contribution in [0.5, 0.6) is 5.75 Å². The van der Waals surface area contributed by atoms with Crippen molar-refractivity contribution in [2.45, 2.75) is 33.2 Å². The van der Waals surface area contributed by atoms with Gasteiger partial charge in [-0.3, -0.25) is 4.79 Å². The minimum Gasteiger partial charge on any atom is -0.491 e. The van der Waals surface area contributed by atoms with E-state index < -0.39 is 6.04 Å². The molecule has 1 atom stereocenters. The maximum Gasteiger partial charge on any atom is 0.241 e. The van der Waals surface area contributed by atoms with Gasteiger partial charge in [0.25, 0.3) is 0 Å². The number of hydrogen-bond donors (Lipinski definition) is 2. The summed E-state index contributed by atoms with van der Waals surface area (Å²) >= 11 is 0. The number of carbonyl (C=O) groups is 1. The first-order chi connectivity index (χ1) is 8.04. The van der Waals surface area contributed by atoms with Crippen molar-refractivity contribution >= 4 is 24.0 Å². The molecule has 0 aliphatic rings. The van der Waals surface area contributed by atoms with Crippen LogP contribution in [0.2, 0.25) is 0 Å². The van der Waals surface area contributed by atoms with Crippen LogP contribution in [-0.2, 0) is 4.79 Å². The molecule has 1 rings (SSSR count). The largest absolute Gasteiger partial charge is 0.491 e. The zero-order chi connectivity index (χ0) is 12.8. The van der Waals surface area contributed by atoms with Crippen molar-refractivity contribution in [3.63, 3.8) is 0 Å². The standard InChI is InChI=1S/C13H20N2O2.ClH/c1-4-7-17-12-8-9(2)5-6-11(12)15-13(16)10(3)14;/h5-6,8,10H,4,7,14H2,1-3H3,(H,15,16);1H/t10-;/m0./s1. The molecular formula is C13H21ClN2O2. The molecule has 4 nitrogen and oxygen atoms in total. The van der Waals surface area contributed by atoms with Crippen molar-refractivity contribution in [2.24, 2.45) is 5.73 Å². The Balaban J connectivity index is 0.00000289. The van der Waals surface area contributed by atoms with Crippen LogP contribution in [0, 0.1) is 6.92 Å². The number of anilines is 1. The lowest BCUT2D eigenvalue weighted by atomic mass is 10.2. The molecule has 0 saturated heterocycles. The van der Waals surface area contributed by atoms with Crippen LogP contribution in [0.3, 0.4) is 0 Å². The van der Waals surface area contributed by atoms with Crippen molar-refractivity contribution in [3.8, 4) is 5.75 Å². The van der Waals surface area contributed by atoms with Gasteiger partial charge in [-0.1, -0.05) is 13.0 Å². The van der Waals surface area contributed by atoms with Crippen LogP contribution in [-0.4, -0.2) is 18.6 Å². The second-order valence-corrected chi connectivity index (χ2v) is 4.13. The molecule has 0 spiro atoms. The molecule has 18 heavy (non-hydrogen) atoms. The number of halogens is 1. The van der Waals surface area contributed by atoms with Gasteiger partial charge in [-0.05, 0) is 38.0 Å². The molecule has 0 heterocycles. The summed E-state index contributed by atoms with van der Waals surface area (Å²) in [4.78, 5) is 11.5. The van der Waals surface area contributed by atoms with Crippen LogP contribution < -0.4 is 15.8 Å². The molecule has 5 heteroatoms. The monoisotopic (exact) mass is 272 g/mol. The molecule has 0 bridgehead atoms. The van der Waals surface area contributed by atoms with Gasteiger partial charge in [-0.25, -0.2) is 0 Å². The lowest BCUT2D eigenvalue weighted by molar-refractivity contribution is -0.117. The molecule has 0 aliphatic heterocycles. The highest BCUT2D eigenvalue weighted by Crippen LogP contribution is 2.26. The first-order valence-electron chi connectivity index (χ1n) is 5.84. The Morgan fingerprint density at radius 1 is 1.50 bits per heavy atom. The maximum absolute atomic E-state index is 11.5. The summed E-state index contributed by atoms with van der Waals surface area (Å²) in [7, 11) is 0. The summed E-state index contributed by atoms with van der Waals surface area (Å²) in [5.74, 6) is 0.482. The minimum absolute atomic E-state index is 0. The number of rotatable bonds is 5. The molecule has 102 valence electrons. The fourth-order valence-corrected chi connectivity index (χ4v) is 1.31. The Hall–Kier alpha value is -1.26. The van der Waals surface area contributed by atoms with E-state index >= 15 is 0 Å². The van der Waals surface area contributed by atoms with E-state index in [4.69, 9.17) is 10.5 Å². The van der Waals surface area contributed by atoms with E-state index in [1.54, 1.807) is 6.92 Å². The van der Waals surface area contributed by atoms with E-state index in [9.17, 15) is 4.79 Å². The number of amides is 1. The maximum atomic E-state index is 11.5. The molecule has 0 aromatic heterocycles. The van der Waals surface area contributed by atoms with E-state index in [1.165, 1.54) is 0 Å². The average Bonchev–Trinajstić information content (AvgIpc) is 2.29. The third-order valence-corrected chi connectivity index (χ3v) is 2.27. The Bertz CT molecular complexity index is 395. The van der Waals surface area contributed by atoms with E-state index in [0.717, 1.165) is 12.0 Å². The van der Waals surface area contributed by atoms with Gasteiger partial charge in [0.05, 0.1) is 18.3 Å². The van der Waals surface area contributed by atoms with Crippen molar-refractivity contribution in [2.75, 3.05) is 11.9 Å². The lowest BCUT2D eigenvalue weighted by Crippen LogP contribution is -2.32. The normalized spacial score (nSPS) is 11.3. The molecular weight excluding hydrogens is 252 g/mol. The number of hydrogen-bond acceptors (Lipinski definition) is 3. The summed E-state index contributed by atoms with van der Waals surface area (Å²) in [6.45, 7) is 6.30. The van der Waals surface area contributed by atoms with Crippen molar-refractivity contribution in [1.82, 2.24) is 0 Å². The SMILES string of the molecule is CCCOc1cc(C)ccc1NC(=O)[C@H](C)N.Cl. The molecule has 0 aliphatic carbocycles. The van der Waals surface area contributed by atoms with E-state index in [1.807, 2.05) is 32.0 Å². The molecule has 1 amide bonds. The zero-order valence-electron chi connectivity index (χ0n) is 11.0. The zero-order valence-corrected chi connectivity index (χ0v) is 11.8. The topological polar surface area (TPSA) is 64.3 Å². The number of aryl methyl sites for hydroxylation is 1. The molecule has 0 fully saturated rings. The highest BCUT2D eigenvalue weighted by atomic mass is 35.5. The van der Waals surface area contributed by atoms with Gasteiger partial charge in [0.15, 0.2) is 0 Å². The molecule has 0 unspecified atom stereocenters. The van der Waals surface area contributed by atoms with Gasteiger partial charge in [0.1, 0.15) is 5.75 Å². The molecule has 0 saturated carbocycles. The molecule has 3 N–H and O–H groups in total. The fraction of sp³-hybridized carbons (Fsp3) is 0.462. The summed E-state index contributed by atoms with van der Waals surface area (Å²) in [6.07, 6.45) is 0.925. The summed E-state index contributed by atoms with van der Waals surface area (Å²) in [5, 5.41) is 2.76. The van der Waals surface area contributed by atoms with Gasteiger partial charge in [-0.2, -0.15) is 0 Å². The van der Waals surface area contributed by atoms with Crippen molar-refractivity contribution < 1.29 is 9.53 Å².